The highest BCUT2D eigenvalue weighted by molar-refractivity contribution is 6.31. The van der Waals surface area contributed by atoms with Gasteiger partial charge >= 0.3 is 0 Å². The van der Waals surface area contributed by atoms with Gasteiger partial charge < -0.3 is 0 Å². The highest BCUT2D eigenvalue weighted by Crippen LogP contribution is 2.24. The molecule has 0 atom stereocenters. The third kappa shape index (κ3) is 2.40. The Morgan fingerprint density at radius 3 is 2.92 bits per heavy atom. The van der Waals surface area contributed by atoms with Gasteiger partial charge in [-0.1, -0.05) is 11.6 Å². The van der Waals surface area contributed by atoms with Crippen molar-refractivity contribution in [3.63, 3.8) is 0 Å². The lowest BCUT2D eigenvalue weighted by molar-refractivity contribution is 0.240. The van der Waals surface area contributed by atoms with Crippen molar-refractivity contribution in [3.05, 3.63) is 22.3 Å². The van der Waals surface area contributed by atoms with E-state index in [1.807, 2.05) is 19.3 Å². The molecule has 0 aliphatic heterocycles. The molecule has 0 spiro atoms. The summed E-state index contributed by atoms with van der Waals surface area (Å²) in [4.78, 5) is 8.00. The van der Waals surface area contributed by atoms with Gasteiger partial charge in [0.25, 0.3) is 0 Å². The minimum absolute atomic E-state index is 0.506. The van der Waals surface area contributed by atoms with E-state index < -0.39 is 0 Å². The smallest absolute Gasteiger partial charge is 0.158 e. The van der Waals surface area contributed by atoms with Gasteiger partial charge in [0.15, 0.2) is 5.82 Å². The van der Waals surface area contributed by atoms with Gasteiger partial charge in [0.1, 0.15) is 6.34 Å². The lowest BCUT2D eigenvalue weighted by Crippen LogP contribution is -2.01. The zero-order valence-electron chi connectivity index (χ0n) is 7.37. The summed E-state index contributed by atoms with van der Waals surface area (Å²) >= 11 is 5.90. The average molecular weight is 200 g/mol. The van der Waals surface area contributed by atoms with Crippen LogP contribution in [0.4, 0.5) is 5.82 Å². The summed E-state index contributed by atoms with van der Waals surface area (Å²) in [5, 5.41) is 8.92. The summed E-state index contributed by atoms with van der Waals surface area (Å²) in [7, 11) is 0. The Morgan fingerprint density at radius 2 is 2.31 bits per heavy atom. The molecule has 13 heavy (non-hydrogen) atoms. The molecule has 0 fully saturated rings. The Kier molecular flexibility index (Phi) is 3.22. The van der Waals surface area contributed by atoms with Crippen LogP contribution < -0.4 is 5.48 Å². The Labute approximate surface area is 81.2 Å². The summed E-state index contributed by atoms with van der Waals surface area (Å²) < 4.78 is 0. The molecule has 5 heteroatoms. The average Bonchev–Trinajstić information content (AvgIpc) is 2.09. The molecule has 0 saturated heterocycles. The third-order valence-corrected chi connectivity index (χ3v) is 1.95. The van der Waals surface area contributed by atoms with Crippen LogP contribution in [0.25, 0.3) is 0 Å². The van der Waals surface area contributed by atoms with Crippen LogP contribution in [0.5, 0.6) is 0 Å². The monoisotopic (exact) mass is 199 g/mol. The van der Waals surface area contributed by atoms with E-state index in [9.17, 15) is 0 Å². The first-order valence-electron chi connectivity index (χ1n) is 3.71. The zero-order valence-corrected chi connectivity index (χ0v) is 8.13. The molecule has 0 bridgehead atoms. The minimum Gasteiger partial charge on any atom is -0.290 e. The van der Waals surface area contributed by atoms with Gasteiger partial charge in [-0.25, -0.2) is 9.98 Å². The van der Waals surface area contributed by atoms with Crippen LogP contribution in [-0.2, 0) is 0 Å². The van der Waals surface area contributed by atoms with Crippen molar-refractivity contribution in [1.82, 2.24) is 10.5 Å². The van der Waals surface area contributed by atoms with Crippen molar-refractivity contribution in [2.75, 3.05) is 0 Å². The number of rotatable bonds is 2. The molecule has 0 aliphatic rings. The molecule has 2 N–H and O–H groups in total. The second-order valence-electron chi connectivity index (χ2n) is 2.58. The van der Waals surface area contributed by atoms with E-state index in [1.54, 1.807) is 6.07 Å². The van der Waals surface area contributed by atoms with E-state index in [0.29, 0.717) is 10.8 Å². The van der Waals surface area contributed by atoms with Crippen LogP contribution in [0.2, 0.25) is 5.02 Å². The fraction of sp³-hybridized carbons (Fsp3) is 0.250. The molecule has 1 heterocycles. The van der Waals surface area contributed by atoms with Crippen LogP contribution in [0.15, 0.2) is 11.1 Å². The number of aliphatic imine (C=N–C) groups is 1. The number of nitrogens with zero attached hydrogens (tertiary/aromatic N) is 2. The fourth-order valence-electron chi connectivity index (χ4n) is 0.897. The lowest BCUT2D eigenvalue weighted by Gasteiger charge is -2.02. The molecular formula is C8H10ClN3O. The van der Waals surface area contributed by atoms with Crippen molar-refractivity contribution < 1.29 is 5.21 Å². The summed E-state index contributed by atoms with van der Waals surface area (Å²) in [6.07, 6.45) is 1.14. The molecule has 0 unspecified atom stereocenters. The van der Waals surface area contributed by atoms with Gasteiger partial charge in [-0.3, -0.25) is 10.7 Å². The molecule has 1 rings (SSSR count). The quantitative estimate of drug-likeness (QED) is 0.435. The van der Waals surface area contributed by atoms with E-state index in [-0.39, 0.29) is 0 Å². The maximum atomic E-state index is 8.30. The molecule has 1 aromatic heterocycles. The van der Waals surface area contributed by atoms with E-state index in [2.05, 4.69) is 9.98 Å². The van der Waals surface area contributed by atoms with E-state index in [1.165, 1.54) is 0 Å². The SMILES string of the molecule is Cc1cc(Cl)c(C)c(N=CNO)n1. The van der Waals surface area contributed by atoms with E-state index in [0.717, 1.165) is 17.6 Å². The Bertz CT molecular complexity index is 338. The largest absolute Gasteiger partial charge is 0.290 e. The minimum atomic E-state index is 0.506. The Morgan fingerprint density at radius 1 is 1.62 bits per heavy atom. The second kappa shape index (κ2) is 4.20. The molecule has 0 radical (unpaired) electrons. The first-order chi connectivity index (χ1) is 6.15. The van der Waals surface area contributed by atoms with Crippen LogP contribution >= 0.6 is 11.6 Å². The van der Waals surface area contributed by atoms with Crippen molar-refractivity contribution >= 4 is 23.8 Å². The summed E-state index contributed by atoms with van der Waals surface area (Å²) in [6, 6.07) is 1.77. The number of aryl methyl sites for hydroxylation is 1. The maximum absolute atomic E-state index is 8.30. The molecule has 1 aromatic rings. The normalized spacial score (nSPS) is 10.8. The number of pyridine rings is 1. The Balaban J connectivity index is 3.12. The number of nitrogens with one attached hydrogen (secondary N) is 1. The maximum Gasteiger partial charge on any atom is 0.158 e. The van der Waals surface area contributed by atoms with Gasteiger partial charge in [-0.2, -0.15) is 0 Å². The predicted molar refractivity (Wildman–Crippen MR) is 51.8 cm³/mol. The second-order valence-corrected chi connectivity index (χ2v) is 2.99. The first-order valence-corrected chi connectivity index (χ1v) is 4.09. The van der Waals surface area contributed by atoms with Gasteiger partial charge in [-0.05, 0) is 19.9 Å². The predicted octanol–water partition coefficient (Wildman–Crippen LogP) is 1.99. The van der Waals surface area contributed by atoms with Crippen LogP contribution in [0, 0.1) is 13.8 Å². The Hall–Kier alpha value is -1.13. The number of hydrogen-bond acceptors (Lipinski definition) is 3. The van der Waals surface area contributed by atoms with Crippen molar-refractivity contribution in [3.8, 4) is 0 Å². The van der Waals surface area contributed by atoms with Crippen LogP contribution in [0.1, 0.15) is 11.3 Å². The molecule has 0 aliphatic carbocycles. The summed E-state index contributed by atoms with van der Waals surface area (Å²) in [5.41, 5.74) is 3.39. The lowest BCUT2D eigenvalue weighted by atomic mass is 10.2. The van der Waals surface area contributed by atoms with Gasteiger partial charge in [0.2, 0.25) is 0 Å². The number of hydrogen-bond donors (Lipinski definition) is 2. The standard InChI is InChI=1S/C8H10ClN3O/c1-5-3-7(9)6(2)8(12-5)10-4-11-13/h3-4,13H,1-2H3,(H,10,11,12). The van der Waals surface area contributed by atoms with Gasteiger partial charge in [0, 0.05) is 16.3 Å². The molecule has 70 valence electrons. The zero-order chi connectivity index (χ0) is 9.84. The van der Waals surface area contributed by atoms with Gasteiger partial charge in [-0.15, -0.1) is 0 Å². The van der Waals surface area contributed by atoms with Crippen molar-refractivity contribution in [1.29, 1.82) is 0 Å². The molecular weight excluding hydrogens is 190 g/mol. The van der Waals surface area contributed by atoms with E-state index in [4.69, 9.17) is 16.8 Å². The third-order valence-electron chi connectivity index (χ3n) is 1.56. The number of halogens is 1. The van der Waals surface area contributed by atoms with E-state index >= 15 is 0 Å². The van der Waals surface area contributed by atoms with Crippen LogP contribution in [0.3, 0.4) is 0 Å². The molecule has 0 amide bonds. The fourth-order valence-corrected chi connectivity index (χ4v) is 1.14. The molecule has 0 aromatic carbocycles. The summed E-state index contributed by atoms with van der Waals surface area (Å²) in [6.45, 7) is 3.65. The van der Waals surface area contributed by atoms with Crippen molar-refractivity contribution in [2.45, 2.75) is 13.8 Å². The topological polar surface area (TPSA) is 57.5 Å². The van der Waals surface area contributed by atoms with Crippen LogP contribution in [-0.4, -0.2) is 16.5 Å². The number of hydroxylamine groups is 1. The highest BCUT2D eigenvalue weighted by atomic mass is 35.5. The highest BCUT2D eigenvalue weighted by Gasteiger charge is 2.03. The van der Waals surface area contributed by atoms with Gasteiger partial charge in [0.05, 0.1) is 0 Å². The van der Waals surface area contributed by atoms with Crippen molar-refractivity contribution in [2.24, 2.45) is 4.99 Å². The number of aromatic nitrogens is 1. The summed E-state index contributed by atoms with van der Waals surface area (Å²) in [5.74, 6) is 0.506. The first kappa shape index (κ1) is 9.95. The molecule has 4 nitrogen and oxygen atoms in total. The molecule has 0 saturated carbocycles.